The van der Waals surface area contributed by atoms with Gasteiger partial charge >= 0.3 is 11.9 Å². The predicted molar refractivity (Wildman–Crippen MR) is 101 cm³/mol. The van der Waals surface area contributed by atoms with Gasteiger partial charge in [0, 0.05) is 24.2 Å². The van der Waals surface area contributed by atoms with Crippen LogP contribution in [0.4, 0.5) is 10.1 Å². The topological polar surface area (TPSA) is 109 Å². The van der Waals surface area contributed by atoms with Crippen LogP contribution in [0.5, 0.6) is 0 Å². The van der Waals surface area contributed by atoms with Crippen LogP contribution in [0.25, 0.3) is 5.69 Å². The van der Waals surface area contributed by atoms with Crippen LogP contribution in [0.2, 0.25) is 0 Å². The lowest BCUT2D eigenvalue weighted by Gasteiger charge is -2.26. The van der Waals surface area contributed by atoms with Crippen molar-refractivity contribution in [1.29, 1.82) is 0 Å². The lowest BCUT2D eigenvalue weighted by molar-refractivity contribution is -0.116. The van der Waals surface area contributed by atoms with E-state index in [1.807, 2.05) is 0 Å². The third-order valence-corrected chi connectivity index (χ3v) is 4.90. The number of amides is 1. The number of carboxylic acid groups (broad SMARTS) is 2. The fraction of sp³-hybridized carbons (Fsp3) is 0.0952. The normalized spacial score (nSPS) is 15.5. The molecular formula is C21H15FN2O5. The SMILES string of the molecule is O=C1C[C@@H](c2ccc(C(=O)O)cc2)c2c(c(C(=O)O)cn2-c2cccc(F)c2)N1. The summed E-state index contributed by atoms with van der Waals surface area (Å²) in [4.78, 5) is 35.2. The largest absolute Gasteiger partial charge is 0.478 e. The van der Waals surface area contributed by atoms with Crippen molar-refractivity contribution in [2.45, 2.75) is 12.3 Å². The smallest absolute Gasteiger partial charge is 0.339 e. The molecule has 0 unspecified atom stereocenters. The number of carboxylic acids is 2. The molecule has 0 saturated heterocycles. The number of halogens is 1. The molecular weight excluding hydrogens is 379 g/mol. The van der Waals surface area contributed by atoms with Gasteiger partial charge in [-0.3, -0.25) is 4.79 Å². The zero-order valence-corrected chi connectivity index (χ0v) is 14.9. The molecule has 2 heterocycles. The Morgan fingerprint density at radius 1 is 1.07 bits per heavy atom. The molecule has 0 fully saturated rings. The van der Waals surface area contributed by atoms with E-state index in [-0.39, 0.29) is 29.1 Å². The Morgan fingerprint density at radius 2 is 1.79 bits per heavy atom. The number of benzene rings is 2. The molecule has 3 aromatic rings. The molecule has 7 nitrogen and oxygen atoms in total. The van der Waals surface area contributed by atoms with Crippen molar-refractivity contribution >= 4 is 23.5 Å². The second-order valence-electron chi connectivity index (χ2n) is 6.69. The number of nitrogens with zero attached hydrogens (tertiary/aromatic N) is 1. The number of hydrogen-bond donors (Lipinski definition) is 3. The van der Waals surface area contributed by atoms with Gasteiger partial charge in [0.2, 0.25) is 5.91 Å². The Labute approximate surface area is 164 Å². The maximum absolute atomic E-state index is 13.8. The van der Waals surface area contributed by atoms with E-state index >= 15 is 0 Å². The molecule has 3 N–H and O–H groups in total. The first-order chi connectivity index (χ1) is 13.8. The minimum atomic E-state index is -1.22. The van der Waals surface area contributed by atoms with Crippen LogP contribution in [-0.2, 0) is 4.79 Å². The van der Waals surface area contributed by atoms with Gasteiger partial charge in [-0.2, -0.15) is 0 Å². The van der Waals surface area contributed by atoms with Crippen LogP contribution in [0.1, 0.15) is 44.3 Å². The summed E-state index contributed by atoms with van der Waals surface area (Å²) in [5.41, 5.74) is 1.71. The van der Waals surface area contributed by atoms with E-state index in [4.69, 9.17) is 5.11 Å². The van der Waals surface area contributed by atoms with E-state index in [0.29, 0.717) is 16.9 Å². The van der Waals surface area contributed by atoms with Crippen molar-refractivity contribution in [2.24, 2.45) is 0 Å². The Hall–Kier alpha value is -3.94. The molecule has 4 rings (SSSR count). The van der Waals surface area contributed by atoms with Crippen molar-refractivity contribution in [1.82, 2.24) is 4.57 Å². The van der Waals surface area contributed by atoms with Gasteiger partial charge in [-0.25, -0.2) is 14.0 Å². The first-order valence-electron chi connectivity index (χ1n) is 8.72. The molecule has 1 amide bonds. The van der Waals surface area contributed by atoms with Crippen molar-refractivity contribution in [2.75, 3.05) is 5.32 Å². The maximum Gasteiger partial charge on any atom is 0.339 e. The number of nitrogens with one attached hydrogen (secondary N) is 1. The number of aromatic nitrogens is 1. The molecule has 1 aromatic heterocycles. The highest BCUT2D eigenvalue weighted by molar-refractivity contribution is 6.04. The Bertz CT molecular complexity index is 1150. The third-order valence-electron chi connectivity index (χ3n) is 4.90. The van der Waals surface area contributed by atoms with Crippen LogP contribution < -0.4 is 5.32 Å². The minimum absolute atomic E-state index is 0.0395. The molecule has 8 heteroatoms. The van der Waals surface area contributed by atoms with Crippen LogP contribution >= 0.6 is 0 Å². The molecule has 0 bridgehead atoms. The first kappa shape index (κ1) is 18.4. The monoisotopic (exact) mass is 394 g/mol. The van der Waals surface area contributed by atoms with Gasteiger partial charge in [-0.05, 0) is 35.9 Å². The first-order valence-corrected chi connectivity index (χ1v) is 8.72. The quantitative estimate of drug-likeness (QED) is 0.628. The van der Waals surface area contributed by atoms with Crippen LogP contribution in [0.15, 0.2) is 54.7 Å². The highest BCUT2D eigenvalue weighted by Crippen LogP contribution is 2.41. The van der Waals surface area contributed by atoms with Crippen LogP contribution in [0, 0.1) is 5.82 Å². The van der Waals surface area contributed by atoms with Gasteiger partial charge in [0.05, 0.1) is 16.9 Å². The number of carbonyl (C=O) groups is 3. The van der Waals surface area contributed by atoms with Crippen molar-refractivity contribution in [3.63, 3.8) is 0 Å². The average Bonchev–Trinajstić information content (AvgIpc) is 3.07. The molecule has 1 aliphatic rings. The third kappa shape index (κ3) is 3.25. The molecule has 1 atom stereocenters. The summed E-state index contributed by atoms with van der Waals surface area (Å²) in [7, 11) is 0. The molecule has 0 aliphatic carbocycles. The second kappa shape index (κ2) is 6.90. The second-order valence-corrected chi connectivity index (χ2v) is 6.69. The number of fused-ring (bicyclic) bond motifs is 1. The van der Waals surface area contributed by atoms with Gasteiger partial charge in [0.25, 0.3) is 0 Å². The fourth-order valence-corrected chi connectivity index (χ4v) is 3.60. The van der Waals surface area contributed by atoms with Gasteiger partial charge < -0.3 is 20.1 Å². The van der Waals surface area contributed by atoms with Gasteiger partial charge in [-0.15, -0.1) is 0 Å². The van der Waals surface area contributed by atoms with Crippen molar-refractivity contribution < 1.29 is 29.0 Å². The van der Waals surface area contributed by atoms with E-state index in [0.717, 1.165) is 0 Å². The summed E-state index contributed by atoms with van der Waals surface area (Å²) in [6.07, 6.45) is 1.39. The number of rotatable bonds is 4. The van der Waals surface area contributed by atoms with E-state index in [1.54, 1.807) is 22.8 Å². The highest BCUT2D eigenvalue weighted by Gasteiger charge is 2.34. The zero-order valence-electron chi connectivity index (χ0n) is 14.9. The van der Waals surface area contributed by atoms with Gasteiger partial charge in [-0.1, -0.05) is 18.2 Å². The average molecular weight is 394 g/mol. The van der Waals surface area contributed by atoms with E-state index < -0.39 is 23.7 Å². The minimum Gasteiger partial charge on any atom is -0.478 e. The molecule has 0 saturated carbocycles. The summed E-state index contributed by atoms with van der Waals surface area (Å²) in [6.45, 7) is 0. The standard InChI is InChI=1S/C21H15FN2O5/c22-13-2-1-3-14(8-13)24-10-16(21(28)29)18-19(24)15(9-17(25)23-18)11-4-6-12(7-5-11)20(26)27/h1-8,10,15H,9H2,(H,23,25)(H,26,27)(H,28,29)/t15-/m0/s1. The van der Waals surface area contributed by atoms with Crippen LogP contribution in [0.3, 0.4) is 0 Å². The van der Waals surface area contributed by atoms with Gasteiger partial charge in [0.15, 0.2) is 0 Å². The molecule has 146 valence electrons. The highest BCUT2D eigenvalue weighted by atomic mass is 19.1. The predicted octanol–water partition coefficient (Wildman–Crippen LogP) is 3.49. The zero-order chi connectivity index (χ0) is 20.7. The number of anilines is 1. The summed E-state index contributed by atoms with van der Waals surface area (Å²) >= 11 is 0. The summed E-state index contributed by atoms with van der Waals surface area (Å²) in [5.74, 6) is -3.67. The molecule has 0 radical (unpaired) electrons. The summed E-state index contributed by atoms with van der Waals surface area (Å²) in [5, 5.41) is 21.3. The number of aromatic carboxylic acids is 2. The lowest BCUT2D eigenvalue weighted by Crippen LogP contribution is -2.25. The van der Waals surface area contributed by atoms with Gasteiger partial charge in [0.1, 0.15) is 11.4 Å². The summed E-state index contributed by atoms with van der Waals surface area (Å²) in [6, 6.07) is 11.7. The molecule has 0 spiro atoms. The Kier molecular flexibility index (Phi) is 4.38. The van der Waals surface area contributed by atoms with E-state index in [9.17, 15) is 23.9 Å². The fourth-order valence-electron chi connectivity index (χ4n) is 3.60. The molecule has 29 heavy (non-hydrogen) atoms. The maximum atomic E-state index is 13.8. The lowest BCUT2D eigenvalue weighted by atomic mass is 9.87. The van der Waals surface area contributed by atoms with Crippen molar-refractivity contribution in [3.8, 4) is 5.69 Å². The van der Waals surface area contributed by atoms with Crippen LogP contribution in [-0.4, -0.2) is 32.6 Å². The van der Waals surface area contributed by atoms with E-state index in [2.05, 4.69) is 5.32 Å². The van der Waals surface area contributed by atoms with E-state index in [1.165, 1.54) is 36.5 Å². The number of hydrogen-bond acceptors (Lipinski definition) is 3. The Morgan fingerprint density at radius 3 is 2.41 bits per heavy atom. The number of carbonyl (C=O) groups excluding carboxylic acids is 1. The van der Waals surface area contributed by atoms with Crippen molar-refractivity contribution in [3.05, 3.63) is 82.9 Å². The molecule has 1 aliphatic heterocycles. The summed E-state index contributed by atoms with van der Waals surface area (Å²) < 4.78 is 15.4. The Balaban J connectivity index is 1.93. The molecule has 2 aromatic carbocycles.